The Morgan fingerprint density at radius 1 is 0.926 bits per heavy atom. The second kappa shape index (κ2) is 6.58. The molecule has 9 heteroatoms. The number of rotatable bonds is 3. The van der Waals surface area contributed by atoms with Gasteiger partial charge in [0, 0.05) is 37.1 Å². The van der Waals surface area contributed by atoms with Crippen LogP contribution in [0.3, 0.4) is 0 Å². The topological polar surface area (TPSA) is 62.5 Å². The molecule has 0 bridgehead atoms. The fraction of sp³-hybridized carbons (Fsp3) is 0.222. The van der Waals surface area contributed by atoms with Gasteiger partial charge in [0.05, 0.1) is 5.69 Å². The van der Waals surface area contributed by atoms with Crippen LogP contribution in [0.5, 0.6) is 0 Å². The van der Waals surface area contributed by atoms with E-state index in [0.29, 0.717) is 0 Å². The quantitative estimate of drug-likeness (QED) is 0.544. The first-order chi connectivity index (χ1) is 13.3. The van der Waals surface area contributed by atoms with Crippen molar-refractivity contribution >= 4 is 27.9 Å². The summed E-state index contributed by atoms with van der Waals surface area (Å²) >= 11 is 1.62. The van der Waals surface area contributed by atoms with Crippen molar-refractivity contribution in [3.8, 4) is 11.3 Å². The van der Waals surface area contributed by atoms with Crippen molar-refractivity contribution in [2.75, 3.05) is 36.0 Å². The Morgan fingerprint density at radius 3 is 2.52 bits per heavy atom. The van der Waals surface area contributed by atoms with Crippen LogP contribution in [0.1, 0.15) is 0 Å². The molecule has 0 saturated carbocycles. The Balaban J connectivity index is 1.28. The highest BCUT2D eigenvalue weighted by Crippen LogP contribution is 2.28. The van der Waals surface area contributed by atoms with E-state index in [4.69, 9.17) is 4.98 Å². The predicted octanol–water partition coefficient (Wildman–Crippen LogP) is 2.71. The Hall–Kier alpha value is -3.07. The van der Waals surface area contributed by atoms with Gasteiger partial charge in [-0.2, -0.15) is 4.52 Å². The maximum atomic E-state index is 13.1. The van der Waals surface area contributed by atoms with Gasteiger partial charge in [0.15, 0.2) is 10.8 Å². The molecule has 27 heavy (non-hydrogen) atoms. The maximum absolute atomic E-state index is 13.1. The van der Waals surface area contributed by atoms with Gasteiger partial charge < -0.3 is 9.80 Å². The lowest BCUT2D eigenvalue weighted by molar-refractivity contribution is 0.628. The second-order valence-electron chi connectivity index (χ2n) is 6.32. The molecule has 4 heterocycles. The van der Waals surface area contributed by atoms with E-state index in [9.17, 15) is 4.39 Å². The molecule has 0 unspecified atom stereocenters. The van der Waals surface area contributed by atoms with Crippen LogP contribution in [-0.4, -0.2) is 51.0 Å². The third-order valence-corrected chi connectivity index (χ3v) is 5.56. The molecule has 1 fully saturated rings. The van der Waals surface area contributed by atoms with Crippen LogP contribution in [0.15, 0.2) is 48.1 Å². The van der Waals surface area contributed by atoms with Gasteiger partial charge in [0.1, 0.15) is 18.0 Å². The molecule has 0 amide bonds. The lowest BCUT2D eigenvalue weighted by Crippen LogP contribution is -2.46. The number of anilines is 2. The summed E-state index contributed by atoms with van der Waals surface area (Å²) in [5, 5.41) is 15.4. The molecule has 1 aromatic carbocycles. The Bertz CT molecular complexity index is 1070. The average Bonchev–Trinajstić information content (AvgIpc) is 3.38. The molecular weight excluding hydrogens is 365 g/mol. The molecule has 0 aliphatic carbocycles. The number of fused-ring (bicyclic) bond motifs is 1. The predicted molar refractivity (Wildman–Crippen MR) is 103 cm³/mol. The van der Waals surface area contributed by atoms with Crippen LogP contribution in [0.25, 0.3) is 16.9 Å². The minimum atomic E-state index is -0.233. The van der Waals surface area contributed by atoms with Gasteiger partial charge in [0.2, 0.25) is 0 Å². The fourth-order valence-corrected chi connectivity index (χ4v) is 4.07. The van der Waals surface area contributed by atoms with Crippen molar-refractivity contribution < 1.29 is 4.39 Å². The van der Waals surface area contributed by atoms with E-state index in [0.717, 1.165) is 54.0 Å². The van der Waals surface area contributed by atoms with Crippen LogP contribution in [0.4, 0.5) is 15.3 Å². The third-order valence-electron chi connectivity index (χ3n) is 4.65. The maximum Gasteiger partial charge on any atom is 0.185 e. The monoisotopic (exact) mass is 381 g/mol. The van der Waals surface area contributed by atoms with Gasteiger partial charge in [-0.1, -0.05) is 0 Å². The van der Waals surface area contributed by atoms with Crippen molar-refractivity contribution in [2.45, 2.75) is 0 Å². The normalized spacial score (nSPS) is 14.9. The van der Waals surface area contributed by atoms with E-state index in [-0.39, 0.29) is 5.82 Å². The van der Waals surface area contributed by atoms with Gasteiger partial charge in [0.25, 0.3) is 0 Å². The van der Waals surface area contributed by atoms with Crippen LogP contribution in [0, 0.1) is 5.82 Å². The highest BCUT2D eigenvalue weighted by atomic mass is 32.1. The molecule has 5 rings (SSSR count). The number of aromatic nitrogens is 5. The summed E-state index contributed by atoms with van der Waals surface area (Å²) in [7, 11) is 0. The first-order valence-corrected chi connectivity index (χ1v) is 9.53. The van der Waals surface area contributed by atoms with Crippen LogP contribution >= 0.6 is 11.3 Å². The number of hydrogen-bond donors (Lipinski definition) is 0. The van der Waals surface area contributed by atoms with E-state index in [1.807, 2.05) is 17.5 Å². The van der Waals surface area contributed by atoms with Crippen LogP contribution in [0.2, 0.25) is 0 Å². The van der Waals surface area contributed by atoms with Crippen LogP contribution < -0.4 is 9.80 Å². The summed E-state index contributed by atoms with van der Waals surface area (Å²) < 4.78 is 14.8. The molecule has 3 aromatic heterocycles. The van der Waals surface area contributed by atoms with Crippen molar-refractivity contribution in [1.82, 2.24) is 24.8 Å². The minimum Gasteiger partial charge on any atom is -0.352 e. The molecule has 1 saturated heterocycles. The molecule has 1 aliphatic rings. The summed E-state index contributed by atoms with van der Waals surface area (Å²) in [6.07, 6.45) is 1.61. The summed E-state index contributed by atoms with van der Waals surface area (Å²) in [6.45, 7) is 3.48. The fourth-order valence-electron chi connectivity index (χ4n) is 3.18. The smallest absolute Gasteiger partial charge is 0.185 e. The Labute approximate surface area is 158 Å². The molecule has 136 valence electrons. The van der Waals surface area contributed by atoms with E-state index in [2.05, 4.69) is 25.1 Å². The number of thiazole rings is 1. The number of halogens is 1. The van der Waals surface area contributed by atoms with E-state index < -0.39 is 0 Å². The van der Waals surface area contributed by atoms with Gasteiger partial charge >= 0.3 is 0 Å². The molecule has 0 atom stereocenters. The lowest BCUT2D eigenvalue weighted by atomic mass is 10.2. The summed E-state index contributed by atoms with van der Waals surface area (Å²) in [6, 6.07) is 10.4. The molecule has 0 radical (unpaired) electrons. The molecule has 0 spiro atoms. The summed E-state index contributed by atoms with van der Waals surface area (Å²) in [5.41, 5.74) is 2.56. The zero-order chi connectivity index (χ0) is 18.2. The number of hydrogen-bond acceptors (Lipinski definition) is 7. The molecule has 1 aliphatic heterocycles. The molecule has 4 aromatic rings. The molecular formula is C18H16FN7S. The zero-order valence-corrected chi connectivity index (χ0v) is 15.2. The average molecular weight is 381 g/mol. The van der Waals surface area contributed by atoms with Crippen molar-refractivity contribution in [1.29, 1.82) is 0 Å². The molecule has 7 nitrogen and oxygen atoms in total. The highest BCUT2D eigenvalue weighted by molar-refractivity contribution is 7.14. The van der Waals surface area contributed by atoms with Crippen LogP contribution in [-0.2, 0) is 0 Å². The van der Waals surface area contributed by atoms with E-state index in [1.165, 1.54) is 12.1 Å². The largest absolute Gasteiger partial charge is 0.352 e. The number of nitrogens with zero attached hydrogens (tertiary/aromatic N) is 7. The Kier molecular flexibility index (Phi) is 3.93. The highest BCUT2D eigenvalue weighted by Gasteiger charge is 2.21. The Morgan fingerprint density at radius 2 is 1.70 bits per heavy atom. The zero-order valence-electron chi connectivity index (χ0n) is 14.4. The second-order valence-corrected chi connectivity index (χ2v) is 7.16. The van der Waals surface area contributed by atoms with Crippen molar-refractivity contribution in [3.05, 3.63) is 53.9 Å². The third kappa shape index (κ3) is 3.10. The summed E-state index contributed by atoms with van der Waals surface area (Å²) in [5.74, 6) is 0.691. The van der Waals surface area contributed by atoms with E-state index in [1.54, 1.807) is 34.3 Å². The minimum absolute atomic E-state index is 0.233. The van der Waals surface area contributed by atoms with Crippen molar-refractivity contribution in [3.63, 3.8) is 0 Å². The number of piperazine rings is 1. The van der Waals surface area contributed by atoms with Gasteiger partial charge in [-0.25, -0.2) is 9.37 Å². The SMILES string of the molecule is Fc1ccc(-c2csc(N3CCN(c4ccc5nncn5n4)CC3)n2)cc1. The van der Waals surface area contributed by atoms with Gasteiger partial charge in [-0.15, -0.1) is 26.6 Å². The lowest BCUT2D eigenvalue weighted by Gasteiger charge is -2.35. The first kappa shape index (κ1) is 16.1. The van der Waals surface area contributed by atoms with Gasteiger partial charge in [-0.05, 0) is 36.4 Å². The van der Waals surface area contributed by atoms with E-state index >= 15 is 0 Å². The standard InChI is InChI=1S/C18H16FN7S/c19-14-3-1-13(2-4-14)15-11-27-18(21-15)25-9-7-24(8-10-25)17-6-5-16-22-20-12-26(16)23-17/h1-6,11-12H,7-10H2. The number of benzene rings is 1. The van der Waals surface area contributed by atoms with Crippen molar-refractivity contribution in [2.24, 2.45) is 0 Å². The van der Waals surface area contributed by atoms with Gasteiger partial charge in [-0.3, -0.25) is 0 Å². The summed E-state index contributed by atoms with van der Waals surface area (Å²) in [4.78, 5) is 9.27. The first-order valence-electron chi connectivity index (χ1n) is 8.65. The molecule has 0 N–H and O–H groups in total.